The number of amides is 1. The highest BCUT2D eigenvalue weighted by Crippen LogP contribution is 2.32. The lowest BCUT2D eigenvalue weighted by Gasteiger charge is -2.28. The fourth-order valence-electron chi connectivity index (χ4n) is 2.96. The van der Waals surface area contributed by atoms with Gasteiger partial charge < -0.3 is 9.80 Å². The fraction of sp³-hybridized carbons (Fsp3) is 0.526. The van der Waals surface area contributed by atoms with Crippen molar-refractivity contribution in [3.8, 4) is 0 Å². The third-order valence-electron chi connectivity index (χ3n) is 4.48. The summed E-state index contributed by atoms with van der Waals surface area (Å²) < 4.78 is 1.14. The van der Waals surface area contributed by atoms with E-state index >= 15 is 0 Å². The van der Waals surface area contributed by atoms with Crippen LogP contribution in [0.15, 0.2) is 24.3 Å². The number of thiazole rings is 1. The Labute approximate surface area is 159 Å². The predicted molar refractivity (Wildman–Crippen MR) is 110 cm³/mol. The molecule has 4 nitrogen and oxygen atoms in total. The minimum atomic E-state index is -0.139. The topological polar surface area (TPSA) is 36.4 Å². The van der Waals surface area contributed by atoms with Crippen LogP contribution < -0.4 is 0 Å². The van der Waals surface area contributed by atoms with Crippen LogP contribution in [0.1, 0.15) is 45.0 Å². The number of likely N-dealkylation sites (N-methyl/N-ethyl adjacent to an activating group) is 1. The van der Waals surface area contributed by atoms with Crippen LogP contribution in [0.5, 0.6) is 0 Å². The zero-order valence-electron chi connectivity index (χ0n) is 15.5. The molecule has 25 heavy (non-hydrogen) atoms. The first-order valence-corrected chi connectivity index (χ1v) is 10.2. The number of aromatic nitrogens is 1. The first kappa shape index (κ1) is 19.8. The number of carbonyl (C=O) groups excluding carboxylic acids is 1. The predicted octanol–water partition coefficient (Wildman–Crippen LogP) is 4.31. The molecule has 2 rings (SSSR count). The van der Waals surface area contributed by atoms with Gasteiger partial charge in [0.2, 0.25) is 5.91 Å². The molecule has 1 amide bonds. The monoisotopic (exact) mass is 377 g/mol. The summed E-state index contributed by atoms with van der Waals surface area (Å²) in [5.41, 5.74) is 0.977. The zero-order chi connectivity index (χ0) is 18.4. The summed E-state index contributed by atoms with van der Waals surface area (Å²) in [5.74, 6) is 0.00385. The minimum Gasteiger partial charge on any atom is -0.366 e. The molecule has 0 aliphatic carbocycles. The van der Waals surface area contributed by atoms with E-state index < -0.39 is 0 Å². The van der Waals surface area contributed by atoms with Crippen molar-refractivity contribution in [3.05, 3.63) is 29.3 Å². The standard InChI is InChI=1S/C19H27N3OS2/c1-5-21(6-2)17(23)13-14(19(24)22(7-3)8-4)18-20-15-11-9-10-12-16(15)25-18/h9-12,14H,5-8,13H2,1-4H3. The molecule has 0 bridgehead atoms. The second kappa shape index (κ2) is 9.25. The van der Waals surface area contributed by atoms with Crippen LogP contribution in [0.25, 0.3) is 10.2 Å². The van der Waals surface area contributed by atoms with Crippen LogP contribution in [0.2, 0.25) is 0 Å². The van der Waals surface area contributed by atoms with Gasteiger partial charge in [-0.05, 0) is 39.8 Å². The summed E-state index contributed by atoms with van der Waals surface area (Å²) in [6.07, 6.45) is 0.386. The molecule has 2 aromatic rings. The largest absolute Gasteiger partial charge is 0.366 e. The summed E-state index contributed by atoms with van der Waals surface area (Å²) in [7, 11) is 0. The van der Waals surface area contributed by atoms with E-state index in [4.69, 9.17) is 17.2 Å². The summed E-state index contributed by atoms with van der Waals surface area (Å²) in [5, 5.41) is 0.943. The normalized spacial score (nSPS) is 12.2. The molecule has 0 saturated heterocycles. The van der Waals surface area contributed by atoms with Gasteiger partial charge in [-0.3, -0.25) is 4.79 Å². The van der Waals surface area contributed by atoms with Gasteiger partial charge in [0, 0.05) is 32.6 Å². The maximum absolute atomic E-state index is 12.7. The number of rotatable bonds is 8. The highest BCUT2D eigenvalue weighted by atomic mass is 32.1. The molecule has 0 aliphatic heterocycles. The first-order chi connectivity index (χ1) is 12.0. The van der Waals surface area contributed by atoms with Crippen molar-refractivity contribution in [2.45, 2.75) is 40.0 Å². The van der Waals surface area contributed by atoms with Gasteiger partial charge in [0.25, 0.3) is 0 Å². The van der Waals surface area contributed by atoms with E-state index in [1.54, 1.807) is 11.3 Å². The third-order valence-corrected chi connectivity index (χ3v) is 6.17. The van der Waals surface area contributed by atoms with Gasteiger partial charge in [-0.25, -0.2) is 4.98 Å². The highest BCUT2D eigenvalue weighted by Gasteiger charge is 2.28. The summed E-state index contributed by atoms with van der Waals surface area (Å²) in [6.45, 7) is 11.3. The summed E-state index contributed by atoms with van der Waals surface area (Å²) >= 11 is 7.43. The Kier molecular flexibility index (Phi) is 7.32. The Hall–Kier alpha value is -1.53. The molecule has 0 N–H and O–H groups in total. The quantitative estimate of drug-likeness (QED) is 0.643. The molecule has 1 aromatic carbocycles. The van der Waals surface area contributed by atoms with Crippen LogP contribution in [-0.2, 0) is 4.79 Å². The van der Waals surface area contributed by atoms with Crippen LogP contribution in [0.4, 0.5) is 0 Å². The molecule has 136 valence electrons. The zero-order valence-corrected chi connectivity index (χ0v) is 17.1. The molecule has 1 aromatic heterocycles. The Morgan fingerprint density at radius 2 is 1.68 bits per heavy atom. The Balaban J connectivity index is 2.37. The van der Waals surface area contributed by atoms with Crippen molar-refractivity contribution < 1.29 is 4.79 Å². The van der Waals surface area contributed by atoms with Crippen molar-refractivity contribution >= 4 is 44.7 Å². The fourth-order valence-corrected chi connectivity index (χ4v) is 4.55. The molecule has 0 spiro atoms. The van der Waals surface area contributed by atoms with Gasteiger partial charge >= 0.3 is 0 Å². The molecule has 6 heteroatoms. The maximum atomic E-state index is 12.7. The summed E-state index contributed by atoms with van der Waals surface area (Å²) in [4.78, 5) is 22.4. The number of nitrogens with zero attached hydrogens (tertiary/aromatic N) is 3. The number of fused-ring (bicyclic) bond motifs is 1. The molecule has 1 unspecified atom stereocenters. The second-order valence-electron chi connectivity index (χ2n) is 5.85. The van der Waals surface area contributed by atoms with Crippen molar-refractivity contribution in [3.63, 3.8) is 0 Å². The maximum Gasteiger partial charge on any atom is 0.223 e. The molecular formula is C19H27N3OS2. The number of carbonyl (C=O) groups is 1. The average molecular weight is 378 g/mol. The molecule has 0 saturated carbocycles. The van der Waals surface area contributed by atoms with E-state index in [2.05, 4.69) is 24.8 Å². The van der Waals surface area contributed by atoms with Crippen molar-refractivity contribution in [1.29, 1.82) is 0 Å². The Morgan fingerprint density at radius 3 is 2.24 bits per heavy atom. The van der Waals surface area contributed by atoms with E-state index in [9.17, 15) is 4.79 Å². The Bertz CT molecular complexity index is 687. The molecule has 1 atom stereocenters. The molecule has 1 heterocycles. The lowest BCUT2D eigenvalue weighted by Crippen LogP contribution is -2.37. The summed E-state index contributed by atoms with van der Waals surface area (Å²) in [6, 6.07) is 8.09. The van der Waals surface area contributed by atoms with Gasteiger partial charge in [0.15, 0.2) is 0 Å². The van der Waals surface area contributed by atoms with E-state index in [0.717, 1.165) is 46.4 Å². The van der Waals surface area contributed by atoms with Crippen LogP contribution in [0.3, 0.4) is 0 Å². The number of hydrogen-bond donors (Lipinski definition) is 0. The number of benzene rings is 1. The number of para-hydroxylation sites is 1. The lowest BCUT2D eigenvalue weighted by molar-refractivity contribution is -0.130. The van der Waals surface area contributed by atoms with Gasteiger partial charge in [-0.15, -0.1) is 11.3 Å². The van der Waals surface area contributed by atoms with E-state index in [-0.39, 0.29) is 11.8 Å². The first-order valence-electron chi connectivity index (χ1n) is 8.97. The van der Waals surface area contributed by atoms with Crippen molar-refractivity contribution in [2.75, 3.05) is 26.2 Å². The average Bonchev–Trinajstić information content (AvgIpc) is 3.05. The van der Waals surface area contributed by atoms with Crippen molar-refractivity contribution in [1.82, 2.24) is 14.8 Å². The van der Waals surface area contributed by atoms with Gasteiger partial charge in [-0.1, -0.05) is 24.4 Å². The highest BCUT2D eigenvalue weighted by molar-refractivity contribution is 7.80. The molecule has 0 radical (unpaired) electrons. The second-order valence-corrected chi connectivity index (χ2v) is 7.33. The van der Waals surface area contributed by atoms with E-state index in [1.165, 1.54) is 0 Å². The van der Waals surface area contributed by atoms with E-state index in [1.807, 2.05) is 36.9 Å². The molecule has 0 fully saturated rings. The third kappa shape index (κ3) is 4.55. The van der Waals surface area contributed by atoms with Crippen LogP contribution >= 0.6 is 23.6 Å². The van der Waals surface area contributed by atoms with Gasteiger partial charge in [0.05, 0.1) is 21.1 Å². The number of thiocarbonyl (C=S) groups is 1. The van der Waals surface area contributed by atoms with Gasteiger partial charge in [-0.2, -0.15) is 0 Å². The molecule has 0 aliphatic rings. The Morgan fingerprint density at radius 1 is 1.08 bits per heavy atom. The molecular weight excluding hydrogens is 350 g/mol. The SMILES string of the molecule is CCN(CC)C(=O)CC(C(=S)N(CC)CC)c1nc2ccccc2s1. The van der Waals surface area contributed by atoms with Crippen molar-refractivity contribution in [2.24, 2.45) is 0 Å². The van der Waals surface area contributed by atoms with Crippen LogP contribution in [0, 0.1) is 0 Å². The number of hydrogen-bond acceptors (Lipinski definition) is 4. The van der Waals surface area contributed by atoms with Crippen LogP contribution in [-0.4, -0.2) is 51.9 Å². The van der Waals surface area contributed by atoms with Gasteiger partial charge in [0.1, 0.15) is 5.01 Å². The minimum absolute atomic E-state index is 0.139. The smallest absolute Gasteiger partial charge is 0.223 e. The van der Waals surface area contributed by atoms with E-state index in [0.29, 0.717) is 6.42 Å². The lowest BCUT2D eigenvalue weighted by atomic mass is 10.0.